The van der Waals surface area contributed by atoms with Crippen LogP contribution in [0.25, 0.3) is 0 Å². The molecule has 0 bridgehead atoms. The van der Waals surface area contributed by atoms with Gasteiger partial charge in [0.1, 0.15) is 5.75 Å². The lowest BCUT2D eigenvalue weighted by atomic mass is 9.95. The Kier molecular flexibility index (Phi) is 6.72. The smallest absolute Gasteiger partial charge is 0.251 e. The number of rotatable bonds is 5. The highest BCUT2D eigenvalue weighted by Crippen LogP contribution is 2.24. The van der Waals surface area contributed by atoms with Crippen LogP contribution < -0.4 is 10.6 Å². The molecule has 7 heteroatoms. The number of likely N-dealkylation sites (tertiary alicyclic amines) is 1. The van der Waals surface area contributed by atoms with Crippen LogP contribution >= 0.6 is 0 Å². The van der Waals surface area contributed by atoms with Gasteiger partial charge < -0.3 is 20.6 Å². The molecule has 0 unspecified atom stereocenters. The Labute approximate surface area is 176 Å². The minimum Gasteiger partial charge on any atom is -0.506 e. The number of hydrogen-bond donors (Lipinski definition) is 3. The highest BCUT2D eigenvalue weighted by Gasteiger charge is 2.27. The van der Waals surface area contributed by atoms with Crippen molar-refractivity contribution in [2.75, 3.05) is 25.0 Å². The third kappa shape index (κ3) is 5.37. The third-order valence-corrected chi connectivity index (χ3v) is 5.26. The number of phenolic OH excluding ortho intramolecular Hbond substituents is 1. The number of para-hydroxylation sites is 2. The molecule has 2 aromatic rings. The molecule has 1 heterocycles. The molecule has 0 atom stereocenters. The van der Waals surface area contributed by atoms with Crippen molar-refractivity contribution in [3.63, 3.8) is 0 Å². The fourth-order valence-electron chi connectivity index (χ4n) is 3.68. The van der Waals surface area contributed by atoms with E-state index in [2.05, 4.69) is 10.6 Å². The first-order valence-electron chi connectivity index (χ1n) is 10.1. The minimum absolute atomic E-state index is 0.0259. The molecule has 0 spiro atoms. The Morgan fingerprint density at radius 3 is 2.30 bits per heavy atom. The van der Waals surface area contributed by atoms with Gasteiger partial charge in [-0.05, 0) is 51.0 Å². The molecule has 0 aromatic heterocycles. The van der Waals surface area contributed by atoms with Crippen molar-refractivity contribution in [2.45, 2.75) is 26.7 Å². The van der Waals surface area contributed by atoms with Crippen LogP contribution in [0.4, 0.5) is 5.69 Å². The maximum Gasteiger partial charge on any atom is 0.251 e. The normalized spacial score (nSPS) is 14.3. The van der Waals surface area contributed by atoms with Gasteiger partial charge in [-0.15, -0.1) is 0 Å². The second-order valence-corrected chi connectivity index (χ2v) is 7.72. The van der Waals surface area contributed by atoms with E-state index in [1.165, 1.54) is 6.07 Å². The van der Waals surface area contributed by atoms with Gasteiger partial charge in [-0.2, -0.15) is 0 Å². The van der Waals surface area contributed by atoms with Crippen molar-refractivity contribution >= 4 is 23.4 Å². The summed E-state index contributed by atoms with van der Waals surface area (Å²) >= 11 is 0. The molecule has 0 saturated carbocycles. The maximum atomic E-state index is 12.5. The van der Waals surface area contributed by atoms with Gasteiger partial charge >= 0.3 is 0 Å². The Hall–Kier alpha value is -3.35. The molecule has 0 aliphatic carbocycles. The number of nitrogens with one attached hydrogen (secondary N) is 2. The number of hydrogen-bond acceptors (Lipinski definition) is 4. The van der Waals surface area contributed by atoms with Gasteiger partial charge in [0.05, 0.1) is 12.2 Å². The predicted octanol–water partition coefficient (Wildman–Crippen LogP) is 2.62. The van der Waals surface area contributed by atoms with Crippen LogP contribution in [-0.2, 0) is 9.59 Å². The molecule has 2 aromatic carbocycles. The molecule has 158 valence electrons. The van der Waals surface area contributed by atoms with Gasteiger partial charge in [-0.3, -0.25) is 14.4 Å². The van der Waals surface area contributed by atoms with E-state index in [1.54, 1.807) is 35.2 Å². The van der Waals surface area contributed by atoms with Gasteiger partial charge in [0.2, 0.25) is 11.8 Å². The molecule has 0 radical (unpaired) electrons. The zero-order valence-electron chi connectivity index (χ0n) is 17.3. The number of nitrogens with zero attached hydrogens (tertiary/aromatic N) is 1. The van der Waals surface area contributed by atoms with E-state index >= 15 is 0 Å². The van der Waals surface area contributed by atoms with Gasteiger partial charge in [-0.25, -0.2) is 0 Å². The number of carbonyl (C=O) groups is 3. The predicted molar refractivity (Wildman–Crippen MR) is 114 cm³/mol. The van der Waals surface area contributed by atoms with E-state index in [9.17, 15) is 19.5 Å². The first-order chi connectivity index (χ1) is 14.3. The lowest BCUT2D eigenvalue weighted by Crippen LogP contribution is -2.45. The van der Waals surface area contributed by atoms with Crippen LogP contribution in [0.2, 0.25) is 0 Å². The van der Waals surface area contributed by atoms with Gasteiger partial charge in [0.15, 0.2) is 0 Å². The van der Waals surface area contributed by atoms with Gasteiger partial charge in [-0.1, -0.05) is 29.3 Å². The summed E-state index contributed by atoms with van der Waals surface area (Å²) in [6.45, 7) is 4.69. The van der Waals surface area contributed by atoms with Crippen molar-refractivity contribution in [3.8, 4) is 5.75 Å². The Balaban J connectivity index is 1.46. The zero-order valence-corrected chi connectivity index (χ0v) is 17.3. The molecule has 1 aliphatic rings. The van der Waals surface area contributed by atoms with Crippen molar-refractivity contribution in [1.29, 1.82) is 0 Å². The SMILES string of the molecule is Cc1cc(C)cc(C(=O)NCC(=O)N2CCC(C(=O)Nc3ccccc3O)CC2)c1. The fraction of sp³-hybridized carbons (Fsp3) is 0.348. The largest absolute Gasteiger partial charge is 0.506 e. The highest BCUT2D eigenvalue weighted by atomic mass is 16.3. The zero-order chi connectivity index (χ0) is 21.7. The topological polar surface area (TPSA) is 98.7 Å². The highest BCUT2D eigenvalue weighted by molar-refractivity contribution is 5.97. The van der Waals surface area contributed by atoms with Crippen LogP contribution in [-0.4, -0.2) is 47.4 Å². The molecule has 3 amide bonds. The number of anilines is 1. The molecule has 1 fully saturated rings. The van der Waals surface area contributed by atoms with Crippen LogP contribution in [0.3, 0.4) is 0 Å². The van der Waals surface area contributed by atoms with Crippen molar-refractivity contribution in [3.05, 3.63) is 59.2 Å². The summed E-state index contributed by atoms with van der Waals surface area (Å²) in [5, 5.41) is 15.2. The lowest BCUT2D eigenvalue weighted by molar-refractivity contribution is -0.133. The van der Waals surface area contributed by atoms with Crippen LogP contribution in [0.1, 0.15) is 34.3 Å². The Bertz CT molecular complexity index is 929. The van der Waals surface area contributed by atoms with Crippen LogP contribution in [0.15, 0.2) is 42.5 Å². The first-order valence-corrected chi connectivity index (χ1v) is 10.1. The third-order valence-electron chi connectivity index (χ3n) is 5.26. The molecule has 3 rings (SSSR count). The second kappa shape index (κ2) is 9.43. The standard InChI is InChI=1S/C23H27N3O4/c1-15-11-16(2)13-18(12-15)22(29)24-14-21(28)26-9-7-17(8-10-26)23(30)25-19-5-3-4-6-20(19)27/h3-6,11-13,17,27H,7-10,14H2,1-2H3,(H,24,29)(H,25,30). The lowest BCUT2D eigenvalue weighted by Gasteiger charge is -2.31. The summed E-state index contributed by atoms with van der Waals surface area (Å²) in [5.41, 5.74) is 2.92. The molecule has 7 nitrogen and oxygen atoms in total. The number of aryl methyl sites for hydroxylation is 2. The molecule has 1 saturated heterocycles. The van der Waals surface area contributed by atoms with Gasteiger partial charge in [0, 0.05) is 24.6 Å². The molecular formula is C23H27N3O4. The number of aromatic hydroxyl groups is 1. The first kappa shape index (κ1) is 21.4. The monoisotopic (exact) mass is 409 g/mol. The Morgan fingerprint density at radius 1 is 1.03 bits per heavy atom. The average Bonchev–Trinajstić information content (AvgIpc) is 2.72. The molecule has 30 heavy (non-hydrogen) atoms. The number of phenols is 1. The van der Waals surface area contributed by atoms with Crippen molar-refractivity contribution in [2.24, 2.45) is 5.92 Å². The summed E-state index contributed by atoms with van der Waals surface area (Å²) < 4.78 is 0. The van der Waals surface area contributed by atoms with E-state index in [4.69, 9.17) is 0 Å². The van der Waals surface area contributed by atoms with Gasteiger partial charge in [0.25, 0.3) is 5.91 Å². The maximum absolute atomic E-state index is 12.5. The van der Waals surface area contributed by atoms with Crippen LogP contribution in [0.5, 0.6) is 5.75 Å². The number of amides is 3. The average molecular weight is 409 g/mol. The number of benzene rings is 2. The number of piperidine rings is 1. The van der Waals surface area contributed by atoms with Crippen molar-refractivity contribution < 1.29 is 19.5 Å². The fourth-order valence-corrected chi connectivity index (χ4v) is 3.68. The Morgan fingerprint density at radius 2 is 1.67 bits per heavy atom. The summed E-state index contributed by atoms with van der Waals surface area (Å²) in [6.07, 6.45) is 1.08. The summed E-state index contributed by atoms with van der Waals surface area (Å²) in [5.74, 6) is -0.789. The van der Waals surface area contributed by atoms with E-state index in [0.717, 1.165) is 11.1 Å². The van der Waals surface area contributed by atoms with Crippen LogP contribution in [0, 0.1) is 19.8 Å². The molecular weight excluding hydrogens is 382 g/mol. The van der Waals surface area contributed by atoms with Crippen molar-refractivity contribution in [1.82, 2.24) is 10.2 Å². The second-order valence-electron chi connectivity index (χ2n) is 7.72. The molecule has 3 N–H and O–H groups in total. The minimum atomic E-state index is -0.271. The summed E-state index contributed by atoms with van der Waals surface area (Å²) in [7, 11) is 0. The number of carbonyl (C=O) groups excluding carboxylic acids is 3. The molecule has 1 aliphatic heterocycles. The van der Waals surface area contributed by atoms with E-state index in [1.807, 2.05) is 19.9 Å². The summed E-state index contributed by atoms with van der Waals surface area (Å²) in [6, 6.07) is 12.2. The van der Waals surface area contributed by atoms with E-state index in [-0.39, 0.29) is 35.9 Å². The quantitative estimate of drug-likeness (QED) is 0.661. The summed E-state index contributed by atoms with van der Waals surface area (Å²) in [4.78, 5) is 38.9. The van der Waals surface area contributed by atoms with E-state index < -0.39 is 0 Å². The van der Waals surface area contributed by atoms with E-state index in [0.29, 0.717) is 37.2 Å².